The first-order valence-electron chi connectivity index (χ1n) is 7.91. The van der Waals surface area contributed by atoms with Gasteiger partial charge in [-0.1, -0.05) is 26.0 Å². The van der Waals surface area contributed by atoms with E-state index in [1.165, 1.54) is 18.2 Å². The summed E-state index contributed by atoms with van der Waals surface area (Å²) in [6.07, 6.45) is 0.510. The molecular formula is C17H23FN2O3. The number of nitrogens with one attached hydrogen (secondary N) is 1. The predicted octanol–water partition coefficient (Wildman–Crippen LogP) is 1.83. The number of morpholine rings is 1. The standard InChI is InChI=1S/C17H23FN2O3/c1-12(2)11-15(17(22)20-7-9-23-10-8-20)19-16(21)13-5-3-4-6-14(13)18/h3-6,12,15H,7-11H2,1-2H3,(H,19,21)/t15-/m1/s1. The second kappa shape index (κ2) is 8.06. The number of carbonyl (C=O) groups excluding carboxylic acids is 2. The van der Waals surface area contributed by atoms with Gasteiger partial charge in [-0.2, -0.15) is 0 Å². The lowest BCUT2D eigenvalue weighted by molar-refractivity contribution is -0.137. The van der Waals surface area contributed by atoms with E-state index in [4.69, 9.17) is 4.74 Å². The molecule has 1 aliphatic rings. The minimum atomic E-state index is -0.653. The van der Waals surface area contributed by atoms with Crippen LogP contribution in [-0.4, -0.2) is 49.1 Å². The molecule has 0 bridgehead atoms. The van der Waals surface area contributed by atoms with Crippen molar-refractivity contribution >= 4 is 11.8 Å². The van der Waals surface area contributed by atoms with E-state index in [-0.39, 0.29) is 17.4 Å². The van der Waals surface area contributed by atoms with Crippen LogP contribution in [0.25, 0.3) is 0 Å². The Morgan fingerprint density at radius 2 is 1.91 bits per heavy atom. The zero-order valence-corrected chi connectivity index (χ0v) is 13.5. The molecule has 1 atom stereocenters. The number of ether oxygens (including phenoxy) is 1. The Morgan fingerprint density at radius 3 is 2.52 bits per heavy atom. The maximum Gasteiger partial charge on any atom is 0.254 e. The van der Waals surface area contributed by atoms with E-state index in [1.54, 1.807) is 11.0 Å². The Morgan fingerprint density at radius 1 is 1.26 bits per heavy atom. The van der Waals surface area contributed by atoms with E-state index in [0.717, 1.165) is 0 Å². The highest BCUT2D eigenvalue weighted by Crippen LogP contribution is 2.12. The normalized spacial score (nSPS) is 16.3. The quantitative estimate of drug-likeness (QED) is 0.900. The number of benzene rings is 1. The Balaban J connectivity index is 2.10. The molecule has 1 fully saturated rings. The van der Waals surface area contributed by atoms with Crippen LogP contribution in [0.4, 0.5) is 4.39 Å². The number of nitrogens with zero attached hydrogens (tertiary/aromatic N) is 1. The highest BCUT2D eigenvalue weighted by Gasteiger charge is 2.28. The summed E-state index contributed by atoms with van der Waals surface area (Å²) >= 11 is 0. The Kier molecular flexibility index (Phi) is 6.10. The van der Waals surface area contributed by atoms with E-state index in [2.05, 4.69) is 5.32 Å². The molecule has 0 aromatic heterocycles. The molecular weight excluding hydrogens is 299 g/mol. The van der Waals surface area contributed by atoms with Crippen molar-refractivity contribution in [1.29, 1.82) is 0 Å². The van der Waals surface area contributed by atoms with Crippen molar-refractivity contribution in [2.45, 2.75) is 26.3 Å². The van der Waals surface area contributed by atoms with Crippen LogP contribution in [0.15, 0.2) is 24.3 Å². The van der Waals surface area contributed by atoms with Crippen molar-refractivity contribution in [2.24, 2.45) is 5.92 Å². The fourth-order valence-corrected chi connectivity index (χ4v) is 2.58. The highest BCUT2D eigenvalue weighted by atomic mass is 19.1. The van der Waals surface area contributed by atoms with E-state index in [1.807, 2.05) is 13.8 Å². The van der Waals surface area contributed by atoms with E-state index in [9.17, 15) is 14.0 Å². The number of carbonyl (C=O) groups is 2. The fourth-order valence-electron chi connectivity index (χ4n) is 2.58. The molecule has 0 radical (unpaired) electrons. The molecule has 126 valence electrons. The van der Waals surface area contributed by atoms with Crippen molar-refractivity contribution in [3.8, 4) is 0 Å². The van der Waals surface area contributed by atoms with Crippen LogP contribution in [0.3, 0.4) is 0 Å². The van der Waals surface area contributed by atoms with Gasteiger partial charge >= 0.3 is 0 Å². The summed E-state index contributed by atoms with van der Waals surface area (Å²) in [6, 6.07) is 5.11. The van der Waals surface area contributed by atoms with Gasteiger partial charge < -0.3 is 15.0 Å². The largest absolute Gasteiger partial charge is 0.378 e. The maximum atomic E-state index is 13.7. The number of amides is 2. The molecule has 0 aliphatic carbocycles. The Hall–Kier alpha value is -1.95. The van der Waals surface area contributed by atoms with Gasteiger partial charge in [0.2, 0.25) is 5.91 Å². The second-order valence-corrected chi connectivity index (χ2v) is 6.07. The molecule has 0 unspecified atom stereocenters. The summed E-state index contributed by atoms with van der Waals surface area (Å²) in [4.78, 5) is 26.6. The third-order valence-electron chi connectivity index (χ3n) is 3.75. The van der Waals surface area contributed by atoms with Gasteiger partial charge in [-0.15, -0.1) is 0 Å². The molecule has 1 aromatic carbocycles. The average molecular weight is 322 g/mol. The van der Waals surface area contributed by atoms with Crippen LogP contribution in [0, 0.1) is 11.7 Å². The van der Waals surface area contributed by atoms with Gasteiger partial charge in [-0.05, 0) is 24.5 Å². The van der Waals surface area contributed by atoms with Gasteiger partial charge in [0, 0.05) is 13.1 Å². The summed E-state index contributed by atoms with van der Waals surface area (Å²) < 4.78 is 19.0. The third-order valence-corrected chi connectivity index (χ3v) is 3.75. The van der Waals surface area contributed by atoms with Crippen LogP contribution in [-0.2, 0) is 9.53 Å². The smallest absolute Gasteiger partial charge is 0.254 e. The molecule has 6 heteroatoms. The Labute approximate surface area is 135 Å². The monoisotopic (exact) mass is 322 g/mol. The number of hydrogen-bond donors (Lipinski definition) is 1. The first-order valence-corrected chi connectivity index (χ1v) is 7.91. The van der Waals surface area contributed by atoms with E-state index >= 15 is 0 Å². The van der Waals surface area contributed by atoms with Crippen molar-refractivity contribution in [3.63, 3.8) is 0 Å². The van der Waals surface area contributed by atoms with Crippen LogP contribution in [0.2, 0.25) is 0 Å². The van der Waals surface area contributed by atoms with Crippen LogP contribution < -0.4 is 5.32 Å². The number of rotatable bonds is 5. The van der Waals surface area contributed by atoms with Crippen molar-refractivity contribution in [1.82, 2.24) is 10.2 Å². The summed E-state index contributed by atoms with van der Waals surface area (Å²) in [7, 11) is 0. The van der Waals surface area contributed by atoms with Crippen molar-refractivity contribution in [3.05, 3.63) is 35.6 Å². The van der Waals surface area contributed by atoms with Gasteiger partial charge in [-0.25, -0.2) is 4.39 Å². The molecule has 1 heterocycles. The minimum absolute atomic E-state index is 0.0453. The molecule has 1 aliphatic heterocycles. The van der Waals surface area contributed by atoms with Crippen LogP contribution in [0.1, 0.15) is 30.6 Å². The summed E-state index contributed by atoms with van der Waals surface area (Å²) in [5.41, 5.74) is -0.0453. The maximum absolute atomic E-state index is 13.7. The van der Waals surface area contributed by atoms with Crippen molar-refractivity contribution in [2.75, 3.05) is 26.3 Å². The second-order valence-electron chi connectivity index (χ2n) is 6.07. The molecule has 2 amide bonds. The fraction of sp³-hybridized carbons (Fsp3) is 0.529. The lowest BCUT2D eigenvalue weighted by Gasteiger charge is -2.31. The third kappa shape index (κ3) is 4.76. The zero-order chi connectivity index (χ0) is 16.8. The first-order chi connectivity index (χ1) is 11.0. The lowest BCUT2D eigenvalue weighted by Crippen LogP contribution is -2.52. The SMILES string of the molecule is CC(C)C[C@@H](NC(=O)c1ccccc1F)C(=O)N1CCOCC1. The van der Waals surface area contributed by atoms with Gasteiger partial charge in [0.05, 0.1) is 18.8 Å². The van der Waals surface area contributed by atoms with Gasteiger partial charge in [0.15, 0.2) is 0 Å². The van der Waals surface area contributed by atoms with E-state index < -0.39 is 17.8 Å². The molecule has 23 heavy (non-hydrogen) atoms. The molecule has 1 aromatic rings. The highest BCUT2D eigenvalue weighted by molar-refractivity contribution is 5.97. The molecule has 1 saturated heterocycles. The van der Waals surface area contributed by atoms with Crippen LogP contribution >= 0.6 is 0 Å². The minimum Gasteiger partial charge on any atom is -0.378 e. The average Bonchev–Trinajstić information content (AvgIpc) is 2.54. The zero-order valence-electron chi connectivity index (χ0n) is 13.5. The lowest BCUT2D eigenvalue weighted by atomic mass is 10.0. The van der Waals surface area contributed by atoms with Crippen molar-refractivity contribution < 1.29 is 18.7 Å². The molecule has 2 rings (SSSR count). The van der Waals surface area contributed by atoms with Crippen LogP contribution in [0.5, 0.6) is 0 Å². The predicted molar refractivity (Wildman–Crippen MR) is 84.5 cm³/mol. The summed E-state index contributed by atoms with van der Waals surface area (Å²) in [6.45, 7) is 6.00. The molecule has 1 N–H and O–H groups in total. The topological polar surface area (TPSA) is 58.6 Å². The summed E-state index contributed by atoms with van der Waals surface area (Å²) in [5.74, 6) is -1.06. The molecule has 0 saturated carbocycles. The molecule has 0 spiro atoms. The number of halogens is 1. The first kappa shape index (κ1) is 17.4. The van der Waals surface area contributed by atoms with Gasteiger partial charge in [0.25, 0.3) is 5.91 Å². The Bertz CT molecular complexity index is 557. The summed E-state index contributed by atoms with van der Waals surface area (Å²) in [5, 5.41) is 2.69. The van der Waals surface area contributed by atoms with E-state index in [0.29, 0.717) is 32.7 Å². The van der Waals surface area contributed by atoms with Gasteiger partial charge in [0.1, 0.15) is 11.9 Å². The number of hydrogen-bond acceptors (Lipinski definition) is 3. The molecule has 5 nitrogen and oxygen atoms in total. The van der Waals surface area contributed by atoms with Gasteiger partial charge in [-0.3, -0.25) is 9.59 Å².